The second-order valence-electron chi connectivity index (χ2n) is 4.63. The summed E-state index contributed by atoms with van der Waals surface area (Å²) in [7, 11) is 4.89. The summed E-state index contributed by atoms with van der Waals surface area (Å²) < 4.78 is 10.5. The van der Waals surface area contributed by atoms with Crippen LogP contribution in [0.25, 0.3) is 0 Å². The van der Waals surface area contributed by atoms with Gasteiger partial charge in [0.25, 0.3) is 0 Å². The summed E-state index contributed by atoms with van der Waals surface area (Å²) in [5, 5.41) is 0. The van der Waals surface area contributed by atoms with Crippen molar-refractivity contribution in [3.63, 3.8) is 0 Å². The molecule has 0 bridgehead atoms. The van der Waals surface area contributed by atoms with Crippen LogP contribution in [-0.4, -0.2) is 33.2 Å². The maximum atomic E-state index is 12.0. The smallest absolute Gasteiger partial charge is 0.228 e. The zero-order valence-corrected chi connectivity index (χ0v) is 12.2. The third kappa shape index (κ3) is 3.61. The Hall–Kier alpha value is -1.75. The van der Waals surface area contributed by atoms with Crippen molar-refractivity contribution < 1.29 is 14.3 Å². The molecule has 1 amide bonds. The van der Waals surface area contributed by atoms with E-state index in [0.717, 1.165) is 11.3 Å². The molecule has 0 aliphatic carbocycles. The number of methoxy groups -OCH3 is 2. The number of amides is 1. The van der Waals surface area contributed by atoms with Crippen LogP contribution < -0.4 is 20.1 Å². The number of carbonyl (C=O) groups is 1. The fourth-order valence-electron chi connectivity index (χ4n) is 1.88. The molecular weight excluding hydrogens is 244 g/mol. The molecule has 0 fully saturated rings. The van der Waals surface area contributed by atoms with E-state index >= 15 is 0 Å². The molecule has 0 aliphatic rings. The van der Waals surface area contributed by atoms with E-state index in [1.165, 1.54) is 0 Å². The average Bonchev–Trinajstić information content (AvgIpc) is 2.36. The summed E-state index contributed by atoms with van der Waals surface area (Å²) in [5.41, 5.74) is 7.39. The summed E-state index contributed by atoms with van der Waals surface area (Å²) in [6, 6.07) is 3.49. The van der Waals surface area contributed by atoms with E-state index in [2.05, 4.69) is 0 Å². The lowest BCUT2D eigenvalue weighted by molar-refractivity contribution is -0.118. The second kappa shape index (κ2) is 6.43. The van der Waals surface area contributed by atoms with Crippen LogP contribution in [0.15, 0.2) is 12.1 Å². The van der Waals surface area contributed by atoms with Crippen LogP contribution in [-0.2, 0) is 4.79 Å². The number of anilines is 1. The number of carbonyl (C=O) groups excluding carboxylic acids is 1. The number of hydrogen-bond acceptors (Lipinski definition) is 4. The molecule has 1 aromatic carbocycles. The third-order valence-corrected chi connectivity index (χ3v) is 2.93. The molecule has 0 radical (unpaired) electrons. The first-order chi connectivity index (χ1) is 8.90. The zero-order chi connectivity index (χ0) is 14.6. The van der Waals surface area contributed by atoms with E-state index in [0.29, 0.717) is 17.9 Å². The van der Waals surface area contributed by atoms with Gasteiger partial charge in [0.05, 0.1) is 19.9 Å². The summed E-state index contributed by atoms with van der Waals surface area (Å²) in [4.78, 5) is 13.6. The van der Waals surface area contributed by atoms with Gasteiger partial charge in [-0.25, -0.2) is 0 Å². The Morgan fingerprint density at radius 2 is 1.84 bits per heavy atom. The van der Waals surface area contributed by atoms with Gasteiger partial charge in [-0.2, -0.15) is 0 Å². The molecule has 1 unspecified atom stereocenters. The van der Waals surface area contributed by atoms with Crippen LogP contribution in [0.2, 0.25) is 0 Å². The van der Waals surface area contributed by atoms with Crippen LogP contribution in [0.1, 0.15) is 18.9 Å². The van der Waals surface area contributed by atoms with Gasteiger partial charge in [0.15, 0.2) is 11.5 Å². The Bertz CT molecular complexity index is 458. The quantitative estimate of drug-likeness (QED) is 0.881. The molecule has 19 heavy (non-hydrogen) atoms. The van der Waals surface area contributed by atoms with Crippen molar-refractivity contribution in [1.29, 1.82) is 0 Å². The van der Waals surface area contributed by atoms with Crippen molar-refractivity contribution in [2.45, 2.75) is 26.3 Å². The summed E-state index contributed by atoms with van der Waals surface area (Å²) >= 11 is 0. The van der Waals surface area contributed by atoms with E-state index < -0.39 is 0 Å². The van der Waals surface area contributed by atoms with E-state index in [1.807, 2.05) is 19.9 Å². The number of nitrogens with zero attached hydrogens (tertiary/aromatic N) is 1. The molecule has 0 heterocycles. The Kier molecular flexibility index (Phi) is 5.18. The monoisotopic (exact) mass is 266 g/mol. The van der Waals surface area contributed by atoms with Crippen LogP contribution >= 0.6 is 0 Å². The number of ether oxygens (including phenoxy) is 2. The SMILES string of the molecule is COc1cc(C)c(N(C)C(=O)CC(C)N)cc1OC. The highest BCUT2D eigenvalue weighted by Crippen LogP contribution is 2.34. The van der Waals surface area contributed by atoms with Crippen LogP contribution in [0.5, 0.6) is 11.5 Å². The molecule has 0 aromatic heterocycles. The van der Waals surface area contributed by atoms with Gasteiger partial charge in [-0.3, -0.25) is 4.79 Å². The van der Waals surface area contributed by atoms with Crippen LogP contribution in [0, 0.1) is 6.92 Å². The minimum Gasteiger partial charge on any atom is -0.493 e. The van der Waals surface area contributed by atoms with Crippen molar-refractivity contribution >= 4 is 11.6 Å². The Labute approximate surface area is 114 Å². The summed E-state index contributed by atoms with van der Waals surface area (Å²) in [5.74, 6) is 1.23. The lowest BCUT2D eigenvalue weighted by Gasteiger charge is -2.22. The van der Waals surface area contributed by atoms with Gasteiger partial charge in [-0.15, -0.1) is 0 Å². The minimum absolute atomic E-state index is 0.0229. The lowest BCUT2D eigenvalue weighted by atomic mass is 10.1. The summed E-state index contributed by atoms with van der Waals surface area (Å²) in [6.07, 6.45) is 0.310. The first kappa shape index (κ1) is 15.3. The maximum absolute atomic E-state index is 12.0. The topological polar surface area (TPSA) is 64.8 Å². The Morgan fingerprint density at radius 3 is 2.32 bits per heavy atom. The van der Waals surface area contributed by atoms with Crippen molar-refractivity contribution in [3.8, 4) is 11.5 Å². The fraction of sp³-hybridized carbons (Fsp3) is 0.500. The van der Waals surface area contributed by atoms with Crippen molar-refractivity contribution in [3.05, 3.63) is 17.7 Å². The molecule has 1 atom stereocenters. The van der Waals surface area contributed by atoms with Crippen LogP contribution in [0.3, 0.4) is 0 Å². The predicted molar refractivity (Wildman–Crippen MR) is 76.0 cm³/mol. The molecule has 5 heteroatoms. The number of hydrogen-bond donors (Lipinski definition) is 1. The highest BCUT2D eigenvalue weighted by molar-refractivity contribution is 5.94. The maximum Gasteiger partial charge on any atom is 0.228 e. The molecule has 1 rings (SSSR count). The third-order valence-electron chi connectivity index (χ3n) is 2.93. The van der Waals surface area contributed by atoms with E-state index in [4.69, 9.17) is 15.2 Å². The normalized spacial score (nSPS) is 11.9. The number of rotatable bonds is 5. The van der Waals surface area contributed by atoms with Crippen LogP contribution in [0.4, 0.5) is 5.69 Å². The fourth-order valence-corrected chi connectivity index (χ4v) is 1.88. The zero-order valence-electron chi connectivity index (χ0n) is 12.2. The van der Waals surface area contributed by atoms with Gasteiger partial charge in [-0.1, -0.05) is 0 Å². The molecule has 0 spiro atoms. The molecular formula is C14H22N2O3. The van der Waals surface area contributed by atoms with Gasteiger partial charge in [0, 0.05) is 25.6 Å². The molecule has 5 nitrogen and oxygen atoms in total. The number of aryl methyl sites for hydroxylation is 1. The van der Waals surface area contributed by atoms with Gasteiger partial charge in [0.2, 0.25) is 5.91 Å². The predicted octanol–water partition coefficient (Wildman–Crippen LogP) is 1.71. The number of nitrogens with two attached hydrogens (primary N) is 1. The standard InChI is InChI=1S/C14H22N2O3/c1-9-6-12(18-4)13(19-5)8-11(9)16(3)14(17)7-10(2)15/h6,8,10H,7,15H2,1-5H3. The molecule has 0 saturated heterocycles. The van der Waals surface area contributed by atoms with Gasteiger partial charge < -0.3 is 20.1 Å². The highest BCUT2D eigenvalue weighted by Gasteiger charge is 2.17. The van der Waals surface area contributed by atoms with Crippen molar-refractivity contribution in [1.82, 2.24) is 0 Å². The lowest BCUT2D eigenvalue weighted by Crippen LogP contribution is -2.32. The van der Waals surface area contributed by atoms with Gasteiger partial charge in [0.1, 0.15) is 0 Å². The Balaban J connectivity index is 3.09. The molecule has 2 N–H and O–H groups in total. The van der Waals surface area contributed by atoms with Crippen molar-refractivity contribution in [2.75, 3.05) is 26.2 Å². The molecule has 0 aliphatic heterocycles. The molecule has 0 saturated carbocycles. The molecule has 1 aromatic rings. The first-order valence-corrected chi connectivity index (χ1v) is 6.15. The largest absolute Gasteiger partial charge is 0.493 e. The summed E-state index contributed by atoms with van der Waals surface area (Å²) in [6.45, 7) is 3.74. The van der Waals surface area contributed by atoms with E-state index in [-0.39, 0.29) is 11.9 Å². The van der Waals surface area contributed by atoms with E-state index in [1.54, 1.807) is 32.2 Å². The Morgan fingerprint density at radius 1 is 1.32 bits per heavy atom. The average molecular weight is 266 g/mol. The second-order valence-corrected chi connectivity index (χ2v) is 4.63. The first-order valence-electron chi connectivity index (χ1n) is 6.15. The van der Waals surface area contributed by atoms with E-state index in [9.17, 15) is 4.79 Å². The van der Waals surface area contributed by atoms with Gasteiger partial charge in [-0.05, 0) is 25.5 Å². The minimum atomic E-state index is -0.157. The number of benzene rings is 1. The van der Waals surface area contributed by atoms with Crippen molar-refractivity contribution in [2.24, 2.45) is 5.73 Å². The van der Waals surface area contributed by atoms with Gasteiger partial charge >= 0.3 is 0 Å². The highest BCUT2D eigenvalue weighted by atomic mass is 16.5. The molecule has 106 valence electrons.